The van der Waals surface area contributed by atoms with Gasteiger partial charge in [0.1, 0.15) is 5.57 Å². The second kappa shape index (κ2) is 10.2. The molecule has 6 nitrogen and oxygen atoms in total. The number of hydrogen-bond acceptors (Lipinski definition) is 6. The summed E-state index contributed by atoms with van der Waals surface area (Å²) in [6.45, 7) is 5.46. The first-order chi connectivity index (χ1) is 15.1. The average molecular weight is 520 g/mol. The van der Waals surface area contributed by atoms with Crippen molar-refractivity contribution in [1.29, 1.82) is 0 Å². The molecule has 0 amide bonds. The van der Waals surface area contributed by atoms with Gasteiger partial charge in [-0.1, -0.05) is 6.58 Å². The molecule has 0 bridgehead atoms. The first-order valence-electron chi connectivity index (χ1n) is 9.92. The Balaban J connectivity index is 3.44. The van der Waals surface area contributed by atoms with Crippen LogP contribution in [0.15, 0.2) is 12.2 Å². The molecular weight excluding hydrogens is 495 g/mol. The van der Waals surface area contributed by atoms with E-state index in [1.54, 1.807) is 0 Å². The molecule has 6 unspecified atom stereocenters. The summed E-state index contributed by atoms with van der Waals surface area (Å²) < 4.78 is 134. The van der Waals surface area contributed by atoms with Gasteiger partial charge in [-0.3, -0.25) is 0 Å². The molecule has 34 heavy (non-hydrogen) atoms. The maximum atomic E-state index is 13.8. The molecule has 1 aliphatic rings. The predicted octanol–water partition coefficient (Wildman–Crippen LogP) is 4.40. The molecule has 0 aromatic carbocycles. The lowest BCUT2D eigenvalue weighted by molar-refractivity contribution is -0.381. The van der Waals surface area contributed by atoms with Crippen LogP contribution in [0.2, 0.25) is 0 Å². The largest absolute Gasteiger partial charge is 0.455 e. The van der Waals surface area contributed by atoms with Gasteiger partial charge in [-0.05, 0) is 46.0 Å². The minimum atomic E-state index is -5.93. The summed E-state index contributed by atoms with van der Waals surface area (Å²) in [6.07, 6.45) is -22.1. The van der Waals surface area contributed by atoms with Crippen molar-refractivity contribution in [2.24, 2.45) is 11.8 Å². The molecule has 1 rings (SSSR count). The molecule has 15 heteroatoms. The average Bonchev–Trinajstić information content (AvgIpc) is 2.64. The van der Waals surface area contributed by atoms with Gasteiger partial charge < -0.3 is 24.4 Å². The summed E-state index contributed by atoms with van der Waals surface area (Å²) in [4.78, 5) is 11.7. The monoisotopic (exact) mass is 520 g/mol. The molecule has 0 saturated heterocycles. The second-order valence-electron chi connectivity index (χ2n) is 8.09. The maximum absolute atomic E-state index is 13.8. The van der Waals surface area contributed by atoms with Gasteiger partial charge in [-0.15, -0.1) is 0 Å². The van der Waals surface area contributed by atoms with Gasteiger partial charge in [0, 0.05) is 12.5 Å². The van der Waals surface area contributed by atoms with Gasteiger partial charge in [0.25, 0.3) is 0 Å². The number of ether oxygens (including phenoxy) is 3. The van der Waals surface area contributed by atoms with Crippen LogP contribution in [-0.2, 0) is 19.0 Å². The van der Waals surface area contributed by atoms with Crippen LogP contribution < -0.4 is 0 Å². The van der Waals surface area contributed by atoms with Gasteiger partial charge in [0.15, 0.2) is 11.9 Å². The van der Waals surface area contributed by atoms with Gasteiger partial charge in [0.2, 0.25) is 0 Å². The highest BCUT2D eigenvalue weighted by molar-refractivity contribution is 5.89. The zero-order valence-electron chi connectivity index (χ0n) is 18.3. The van der Waals surface area contributed by atoms with Crippen molar-refractivity contribution < 1.29 is 68.7 Å². The van der Waals surface area contributed by atoms with Crippen molar-refractivity contribution in [2.75, 3.05) is 6.61 Å². The Morgan fingerprint density at radius 1 is 0.971 bits per heavy atom. The van der Waals surface area contributed by atoms with Crippen LogP contribution in [0.5, 0.6) is 0 Å². The number of halogens is 9. The highest BCUT2D eigenvalue weighted by Gasteiger charge is 2.66. The quantitative estimate of drug-likeness (QED) is 0.214. The van der Waals surface area contributed by atoms with Crippen LogP contribution in [0.25, 0.3) is 0 Å². The lowest BCUT2D eigenvalue weighted by Crippen LogP contribution is -2.60. The Morgan fingerprint density at radius 3 is 1.88 bits per heavy atom. The van der Waals surface area contributed by atoms with Gasteiger partial charge in [-0.2, -0.15) is 39.5 Å². The van der Waals surface area contributed by atoms with Gasteiger partial charge >= 0.3 is 30.3 Å². The predicted molar refractivity (Wildman–Crippen MR) is 95.8 cm³/mol. The van der Waals surface area contributed by atoms with Crippen LogP contribution >= 0.6 is 0 Å². The Labute approximate surface area is 188 Å². The topological polar surface area (TPSA) is 85.2 Å². The van der Waals surface area contributed by atoms with E-state index in [2.05, 4.69) is 11.3 Å². The third-order valence-electron chi connectivity index (χ3n) is 5.61. The van der Waals surface area contributed by atoms with Gasteiger partial charge in [0.05, 0.1) is 6.10 Å². The van der Waals surface area contributed by atoms with Crippen molar-refractivity contribution >= 4 is 5.97 Å². The van der Waals surface area contributed by atoms with Crippen LogP contribution in [0.3, 0.4) is 0 Å². The van der Waals surface area contributed by atoms with Crippen LogP contribution in [0.4, 0.5) is 39.5 Å². The molecular formula is C19H25F9O6. The van der Waals surface area contributed by atoms with E-state index >= 15 is 0 Å². The van der Waals surface area contributed by atoms with E-state index in [-0.39, 0.29) is 6.61 Å². The normalized spacial score (nSPS) is 26.8. The summed E-state index contributed by atoms with van der Waals surface area (Å²) in [6, 6.07) is 0. The van der Waals surface area contributed by atoms with E-state index < -0.39 is 85.0 Å². The molecule has 1 saturated carbocycles. The summed E-state index contributed by atoms with van der Waals surface area (Å²) in [5, 5.41) is 20.3. The minimum absolute atomic E-state index is 0.0602. The number of carbonyl (C=O) groups is 1. The molecule has 0 aromatic heterocycles. The summed E-state index contributed by atoms with van der Waals surface area (Å²) in [5.74, 6) is -11.8. The summed E-state index contributed by atoms with van der Waals surface area (Å²) in [5.41, 5.74) is -5.95. The van der Waals surface area contributed by atoms with E-state index in [9.17, 15) is 54.5 Å². The summed E-state index contributed by atoms with van der Waals surface area (Å²) in [7, 11) is 0. The fraction of sp³-hybridized carbons (Fsp3) is 0.842. The highest BCUT2D eigenvalue weighted by atomic mass is 19.4. The Bertz CT molecular complexity index is 731. The molecule has 6 atom stereocenters. The Hall–Kier alpha value is -1.58. The van der Waals surface area contributed by atoms with E-state index in [1.807, 2.05) is 0 Å². The number of esters is 1. The molecule has 0 heterocycles. The first-order valence-corrected chi connectivity index (χ1v) is 9.92. The lowest BCUT2D eigenvalue weighted by atomic mass is 9.69. The van der Waals surface area contributed by atoms with Crippen LogP contribution in [-0.4, -0.2) is 65.1 Å². The van der Waals surface area contributed by atoms with Crippen molar-refractivity contribution in [2.45, 2.75) is 82.3 Å². The zero-order valence-corrected chi connectivity index (χ0v) is 18.3. The molecule has 0 spiro atoms. The van der Waals surface area contributed by atoms with Gasteiger partial charge in [-0.25, -0.2) is 4.79 Å². The summed E-state index contributed by atoms with van der Waals surface area (Å²) >= 11 is 0. The second-order valence-corrected chi connectivity index (χ2v) is 8.09. The number of rotatable bonds is 8. The zero-order chi connectivity index (χ0) is 26.9. The van der Waals surface area contributed by atoms with E-state index in [1.165, 1.54) is 13.8 Å². The molecule has 2 N–H and O–H groups in total. The van der Waals surface area contributed by atoms with Crippen molar-refractivity contribution in [3.63, 3.8) is 0 Å². The van der Waals surface area contributed by atoms with Crippen molar-refractivity contribution in [3.8, 4) is 0 Å². The number of hydrogen-bond donors (Lipinski definition) is 2. The fourth-order valence-corrected chi connectivity index (χ4v) is 3.62. The molecule has 0 aromatic rings. The minimum Gasteiger partial charge on any atom is -0.419 e. The highest BCUT2D eigenvalue weighted by Crippen LogP contribution is 2.51. The number of carbonyl (C=O) groups excluding carboxylic acids is 1. The van der Waals surface area contributed by atoms with E-state index in [0.29, 0.717) is 6.92 Å². The Kier molecular flexibility index (Phi) is 9.13. The van der Waals surface area contributed by atoms with Crippen molar-refractivity contribution in [3.05, 3.63) is 12.2 Å². The van der Waals surface area contributed by atoms with Crippen molar-refractivity contribution in [1.82, 2.24) is 0 Å². The molecule has 1 aliphatic carbocycles. The lowest BCUT2D eigenvalue weighted by Gasteiger charge is -2.47. The van der Waals surface area contributed by atoms with E-state index in [0.717, 1.165) is 0 Å². The smallest absolute Gasteiger partial charge is 0.419 e. The number of alkyl halides is 9. The van der Waals surface area contributed by atoms with E-state index in [4.69, 9.17) is 9.47 Å². The maximum Gasteiger partial charge on any atom is 0.455 e. The molecule has 200 valence electrons. The third-order valence-corrected chi connectivity index (χ3v) is 5.61. The standard InChI is InChI=1S/C19H25F9O6/c1-5-32-10(3)33-13-7-11(15(4,30)18(23,24)25)6-12(8-13)16(31,19(26,27)28)34-14(29)9(2)17(20,21)22/h10-13,30-31H,2,5-8H2,1,3-4H3. The first kappa shape index (κ1) is 30.5. The van der Waals surface area contributed by atoms with Crippen LogP contribution in [0, 0.1) is 11.8 Å². The number of aliphatic hydroxyl groups is 2. The molecule has 1 fully saturated rings. The Morgan fingerprint density at radius 2 is 1.47 bits per heavy atom. The fourth-order valence-electron chi connectivity index (χ4n) is 3.62. The third kappa shape index (κ3) is 6.76. The molecule has 0 radical (unpaired) electrons. The van der Waals surface area contributed by atoms with Crippen LogP contribution in [0.1, 0.15) is 40.0 Å². The SMILES string of the molecule is C=C(C(=O)OC(O)(C1CC(OC(C)OCC)CC(C(C)(O)C(F)(F)F)C1)C(F)(F)F)C(F)(F)F. The molecule has 0 aliphatic heterocycles.